The lowest BCUT2D eigenvalue weighted by atomic mass is 10.2. The standard InChI is InChI=1S/C14H28N6/c1-6-7-12-17-13(11(4)14(18-12)19-15)16-8-9-20(5)10(2)3/h10H,6-9,15H2,1-5H3,(H2,16,17,18,19). The van der Waals surface area contributed by atoms with E-state index >= 15 is 0 Å². The van der Waals surface area contributed by atoms with Crippen molar-refractivity contribution in [3.8, 4) is 0 Å². The van der Waals surface area contributed by atoms with Gasteiger partial charge in [-0.3, -0.25) is 0 Å². The molecule has 0 unspecified atom stereocenters. The van der Waals surface area contributed by atoms with Gasteiger partial charge >= 0.3 is 0 Å². The van der Waals surface area contributed by atoms with Crippen LogP contribution in [0.2, 0.25) is 0 Å². The molecule has 0 atom stereocenters. The Kier molecular flexibility index (Phi) is 6.67. The molecule has 1 rings (SSSR count). The summed E-state index contributed by atoms with van der Waals surface area (Å²) in [7, 11) is 2.12. The van der Waals surface area contributed by atoms with Crippen molar-refractivity contribution >= 4 is 11.6 Å². The Hall–Kier alpha value is -1.40. The van der Waals surface area contributed by atoms with E-state index in [0.29, 0.717) is 11.9 Å². The molecule has 1 aromatic rings. The Morgan fingerprint density at radius 2 is 1.90 bits per heavy atom. The molecule has 0 bridgehead atoms. The average molecular weight is 280 g/mol. The van der Waals surface area contributed by atoms with Crippen LogP contribution >= 0.6 is 0 Å². The van der Waals surface area contributed by atoms with Crippen molar-refractivity contribution in [2.45, 2.75) is 46.6 Å². The van der Waals surface area contributed by atoms with Crippen LogP contribution in [0.5, 0.6) is 0 Å². The highest BCUT2D eigenvalue weighted by molar-refractivity contribution is 5.56. The second-order valence-electron chi connectivity index (χ2n) is 5.36. The second kappa shape index (κ2) is 8.01. The first-order valence-electron chi connectivity index (χ1n) is 7.27. The molecule has 0 radical (unpaired) electrons. The summed E-state index contributed by atoms with van der Waals surface area (Å²) in [6, 6.07) is 0.542. The molecule has 0 saturated heterocycles. The van der Waals surface area contributed by atoms with Crippen LogP contribution < -0.4 is 16.6 Å². The predicted octanol–water partition coefficient (Wildman–Crippen LogP) is 1.78. The molecule has 0 amide bonds. The van der Waals surface area contributed by atoms with Crippen molar-refractivity contribution in [3.05, 3.63) is 11.4 Å². The molecule has 0 saturated carbocycles. The van der Waals surface area contributed by atoms with Gasteiger partial charge in [0.1, 0.15) is 17.5 Å². The fourth-order valence-corrected chi connectivity index (χ4v) is 1.82. The number of hydrogen-bond donors (Lipinski definition) is 3. The van der Waals surface area contributed by atoms with Gasteiger partial charge in [-0.25, -0.2) is 15.8 Å². The van der Waals surface area contributed by atoms with Crippen molar-refractivity contribution in [3.63, 3.8) is 0 Å². The SMILES string of the molecule is CCCc1nc(NN)c(C)c(NCCN(C)C(C)C)n1. The van der Waals surface area contributed by atoms with Crippen molar-refractivity contribution in [1.29, 1.82) is 0 Å². The van der Waals surface area contributed by atoms with Gasteiger partial charge in [-0.1, -0.05) is 6.92 Å². The van der Waals surface area contributed by atoms with Crippen LogP contribution in [-0.4, -0.2) is 41.0 Å². The van der Waals surface area contributed by atoms with E-state index in [1.54, 1.807) is 0 Å². The van der Waals surface area contributed by atoms with E-state index in [1.807, 2.05) is 6.92 Å². The van der Waals surface area contributed by atoms with Crippen molar-refractivity contribution in [2.75, 3.05) is 30.9 Å². The molecular formula is C14H28N6. The predicted molar refractivity (Wildman–Crippen MR) is 84.8 cm³/mol. The number of nitrogens with zero attached hydrogens (tertiary/aromatic N) is 3. The zero-order valence-electron chi connectivity index (χ0n) is 13.3. The molecule has 1 heterocycles. The Morgan fingerprint density at radius 1 is 1.25 bits per heavy atom. The number of aryl methyl sites for hydroxylation is 1. The number of nitrogens with two attached hydrogens (primary N) is 1. The highest BCUT2D eigenvalue weighted by atomic mass is 15.3. The molecule has 6 heteroatoms. The fraction of sp³-hybridized carbons (Fsp3) is 0.714. The van der Waals surface area contributed by atoms with Gasteiger partial charge in [-0.05, 0) is 34.2 Å². The first-order valence-corrected chi connectivity index (χ1v) is 7.27. The Morgan fingerprint density at radius 3 is 2.45 bits per heavy atom. The fourth-order valence-electron chi connectivity index (χ4n) is 1.82. The number of rotatable bonds is 8. The summed E-state index contributed by atoms with van der Waals surface area (Å²) in [4.78, 5) is 11.3. The zero-order valence-corrected chi connectivity index (χ0v) is 13.3. The number of likely N-dealkylation sites (N-methyl/N-ethyl adjacent to an activating group) is 1. The Labute approximate surface area is 122 Å². The van der Waals surface area contributed by atoms with Gasteiger partial charge in [0.15, 0.2) is 0 Å². The highest BCUT2D eigenvalue weighted by Gasteiger charge is 2.10. The minimum absolute atomic E-state index is 0.542. The molecule has 4 N–H and O–H groups in total. The van der Waals surface area contributed by atoms with E-state index in [2.05, 4.69) is 53.4 Å². The number of aromatic nitrogens is 2. The molecule has 20 heavy (non-hydrogen) atoms. The highest BCUT2D eigenvalue weighted by Crippen LogP contribution is 2.19. The number of hydrazine groups is 1. The lowest BCUT2D eigenvalue weighted by Crippen LogP contribution is -2.31. The van der Waals surface area contributed by atoms with Crippen LogP contribution in [-0.2, 0) is 6.42 Å². The van der Waals surface area contributed by atoms with E-state index in [4.69, 9.17) is 5.84 Å². The topological polar surface area (TPSA) is 79.1 Å². The average Bonchev–Trinajstić information content (AvgIpc) is 2.41. The summed E-state index contributed by atoms with van der Waals surface area (Å²) in [5, 5.41) is 3.38. The van der Waals surface area contributed by atoms with Gasteiger partial charge in [0, 0.05) is 31.1 Å². The number of nitrogen functional groups attached to an aromatic ring is 1. The van der Waals surface area contributed by atoms with E-state index in [9.17, 15) is 0 Å². The van der Waals surface area contributed by atoms with Gasteiger partial charge < -0.3 is 15.6 Å². The molecule has 0 fully saturated rings. The van der Waals surface area contributed by atoms with Crippen LogP contribution in [0.25, 0.3) is 0 Å². The van der Waals surface area contributed by atoms with E-state index in [-0.39, 0.29) is 0 Å². The van der Waals surface area contributed by atoms with Crippen LogP contribution in [0, 0.1) is 6.92 Å². The van der Waals surface area contributed by atoms with Crippen LogP contribution in [0.1, 0.15) is 38.6 Å². The Bertz CT molecular complexity index is 418. The van der Waals surface area contributed by atoms with E-state index in [0.717, 1.165) is 43.1 Å². The van der Waals surface area contributed by atoms with Gasteiger partial charge in [0.25, 0.3) is 0 Å². The van der Waals surface area contributed by atoms with Gasteiger partial charge in [0.05, 0.1) is 0 Å². The summed E-state index contributed by atoms with van der Waals surface area (Å²) < 4.78 is 0. The summed E-state index contributed by atoms with van der Waals surface area (Å²) in [6.07, 6.45) is 1.87. The van der Waals surface area contributed by atoms with Crippen molar-refractivity contribution in [2.24, 2.45) is 5.84 Å². The Balaban J connectivity index is 2.75. The smallest absolute Gasteiger partial charge is 0.148 e. The molecule has 0 aliphatic rings. The molecule has 0 aliphatic carbocycles. The van der Waals surface area contributed by atoms with E-state index in [1.165, 1.54) is 0 Å². The molecule has 1 aromatic heterocycles. The first kappa shape index (κ1) is 16.7. The van der Waals surface area contributed by atoms with Crippen molar-refractivity contribution in [1.82, 2.24) is 14.9 Å². The molecular weight excluding hydrogens is 252 g/mol. The summed E-state index contributed by atoms with van der Waals surface area (Å²) in [5.41, 5.74) is 3.61. The quantitative estimate of drug-likeness (QED) is 0.497. The minimum atomic E-state index is 0.542. The normalized spacial score (nSPS) is 11.2. The minimum Gasteiger partial charge on any atom is -0.368 e. The summed E-state index contributed by atoms with van der Waals surface area (Å²) >= 11 is 0. The summed E-state index contributed by atoms with van der Waals surface area (Å²) in [5.74, 6) is 7.92. The number of hydrogen-bond acceptors (Lipinski definition) is 6. The first-order chi connectivity index (χ1) is 9.49. The lowest BCUT2D eigenvalue weighted by molar-refractivity contribution is 0.284. The third kappa shape index (κ3) is 4.61. The second-order valence-corrected chi connectivity index (χ2v) is 5.36. The van der Waals surface area contributed by atoms with E-state index < -0.39 is 0 Å². The van der Waals surface area contributed by atoms with Gasteiger partial charge in [0.2, 0.25) is 0 Å². The molecule has 0 spiro atoms. The number of anilines is 2. The number of nitrogens with one attached hydrogen (secondary N) is 2. The largest absolute Gasteiger partial charge is 0.368 e. The molecule has 6 nitrogen and oxygen atoms in total. The maximum absolute atomic E-state index is 5.52. The van der Waals surface area contributed by atoms with Crippen molar-refractivity contribution < 1.29 is 0 Å². The van der Waals surface area contributed by atoms with Crippen LogP contribution in [0.3, 0.4) is 0 Å². The maximum Gasteiger partial charge on any atom is 0.148 e. The molecule has 114 valence electrons. The molecule has 0 aromatic carbocycles. The van der Waals surface area contributed by atoms with Crippen LogP contribution in [0.4, 0.5) is 11.6 Å². The molecule has 0 aliphatic heterocycles. The monoisotopic (exact) mass is 280 g/mol. The van der Waals surface area contributed by atoms with Gasteiger partial charge in [-0.2, -0.15) is 0 Å². The zero-order chi connectivity index (χ0) is 15.1. The third-order valence-corrected chi connectivity index (χ3v) is 3.44. The summed E-state index contributed by atoms with van der Waals surface area (Å²) in [6.45, 7) is 10.3. The third-order valence-electron chi connectivity index (χ3n) is 3.44. The maximum atomic E-state index is 5.52. The van der Waals surface area contributed by atoms with Crippen LogP contribution in [0.15, 0.2) is 0 Å². The lowest BCUT2D eigenvalue weighted by Gasteiger charge is -2.21. The van der Waals surface area contributed by atoms with Gasteiger partial charge in [-0.15, -0.1) is 0 Å².